The number of ether oxygens (including phenoxy) is 2. The Bertz CT molecular complexity index is 383. The third-order valence-electron chi connectivity index (χ3n) is 2.84. The molecule has 0 unspecified atom stereocenters. The molecule has 0 spiro atoms. The van der Waals surface area contributed by atoms with Crippen LogP contribution in [0.5, 0.6) is 11.5 Å². The van der Waals surface area contributed by atoms with Crippen LogP contribution >= 0.6 is 0 Å². The molecule has 0 atom stereocenters. The molecule has 0 amide bonds. The van der Waals surface area contributed by atoms with Gasteiger partial charge >= 0.3 is 0 Å². The van der Waals surface area contributed by atoms with Gasteiger partial charge in [0, 0.05) is 5.41 Å². The minimum atomic E-state index is -0.244. The Morgan fingerprint density at radius 2 is 2.07 bits per heavy atom. The van der Waals surface area contributed by atoms with Gasteiger partial charge in [-0.15, -0.1) is 0 Å². The summed E-state index contributed by atoms with van der Waals surface area (Å²) in [7, 11) is 0. The van der Waals surface area contributed by atoms with Crippen molar-refractivity contribution in [3.63, 3.8) is 0 Å². The van der Waals surface area contributed by atoms with Crippen LogP contribution in [-0.2, 0) is 5.41 Å². The fraction of sp³-hybridized carbons (Fsp3) is 0.500. The second-order valence-electron chi connectivity index (χ2n) is 4.57. The summed E-state index contributed by atoms with van der Waals surface area (Å²) >= 11 is 0. The first-order valence-corrected chi connectivity index (χ1v) is 5.06. The Morgan fingerprint density at radius 3 is 2.73 bits per heavy atom. The second kappa shape index (κ2) is 3.42. The van der Waals surface area contributed by atoms with E-state index in [0.29, 0.717) is 6.79 Å². The molecular weight excluding hydrogens is 192 g/mol. The molecule has 1 aliphatic heterocycles. The van der Waals surface area contributed by atoms with Crippen molar-refractivity contribution in [2.45, 2.75) is 26.2 Å². The highest BCUT2D eigenvalue weighted by atomic mass is 16.7. The molecule has 0 radical (unpaired) electrons. The third kappa shape index (κ3) is 1.67. The van der Waals surface area contributed by atoms with E-state index in [9.17, 15) is 5.11 Å². The summed E-state index contributed by atoms with van der Waals surface area (Å²) < 4.78 is 10.7. The van der Waals surface area contributed by atoms with Crippen LogP contribution in [0.1, 0.15) is 25.0 Å². The second-order valence-corrected chi connectivity index (χ2v) is 4.57. The van der Waals surface area contributed by atoms with E-state index in [1.54, 1.807) is 0 Å². The van der Waals surface area contributed by atoms with Crippen LogP contribution in [0, 0.1) is 6.92 Å². The van der Waals surface area contributed by atoms with Gasteiger partial charge < -0.3 is 14.6 Å². The van der Waals surface area contributed by atoms with E-state index >= 15 is 0 Å². The summed E-state index contributed by atoms with van der Waals surface area (Å²) in [4.78, 5) is 0. The number of hydrogen-bond acceptors (Lipinski definition) is 3. The number of aliphatic hydroxyl groups excluding tert-OH is 1. The predicted molar refractivity (Wildman–Crippen MR) is 57.4 cm³/mol. The van der Waals surface area contributed by atoms with E-state index in [1.807, 2.05) is 32.9 Å². The molecular formula is C12H16O3. The average molecular weight is 208 g/mol. The molecule has 82 valence electrons. The minimum Gasteiger partial charge on any atom is -0.454 e. The summed E-state index contributed by atoms with van der Waals surface area (Å²) in [5.41, 5.74) is 1.89. The first kappa shape index (κ1) is 10.3. The number of aryl methyl sites for hydroxylation is 1. The molecule has 15 heavy (non-hydrogen) atoms. The van der Waals surface area contributed by atoms with Gasteiger partial charge in [-0.1, -0.05) is 19.9 Å². The summed E-state index contributed by atoms with van der Waals surface area (Å²) in [5.74, 6) is 1.61. The standard InChI is InChI=1S/C12H16O3/c1-8-4-9(12(2,3)6-13)5-10-11(8)15-7-14-10/h4-5,13H,6-7H2,1-3H3. The molecule has 0 aliphatic carbocycles. The normalized spacial score (nSPS) is 14.4. The zero-order valence-electron chi connectivity index (χ0n) is 9.33. The van der Waals surface area contributed by atoms with Gasteiger partial charge in [0.1, 0.15) is 0 Å². The Kier molecular flexibility index (Phi) is 2.35. The SMILES string of the molecule is Cc1cc(C(C)(C)CO)cc2c1OCO2. The van der Waals surface area contributed by atoms with E-state index in [4.69, 9.17) is 9.47 Å². The summed E-state index contributed by atoms with van der Waals surface area (Å²) in [6.07, 6.45) is 0. The van der Waals surface area contributed by atoms with Gasteiger partial charge in [-0.05, 0) is 24.1 Å². The summed E-state index contributed by atoms with van der Waals surface area (Å²) in [6.45, 7) is 6.41. The topological polar surface area (TPSA) is 38.7 Å². The van der Waals surface area contributed by atoms with E-state index in [0.717, 1.165) is 22.6 Å². The summed E-state index contributed by atoms with van der Waals surface area (Å²) in [6, 6.07) is 4.00. The van der Waals surface area contributed by atoms with Crippen molar-refractivity contribution >= 4 is 0 Å². The largest absolute Gasteiger partial charge is 0.454 e. The zero-order valence-corrected chi connectivity index (χ0v) is 9.33. The molecule has 1 aromatic rings. The lowest BCUT2D eigenvalue weighted by Crippen LogP contribution is -2.22. The van der Waals surface area contributed by atoms with E-state index in [1.165, 1.54) is 0 Å². The fourth-order valence-electron chi connectivity index (χ4n) is 1.67. The number of benzene rings is 1. The lowest BCUT2D eigenvalue weighted by molar-refractivity contribution is 0.173. The molecule has 3 nitrogen and oxygen atoms in total. The van der Waals surface area contributed by atoms with Gasteiger partial charge in [-0.3, -0.25) is 0 Å². The lowest BCUT2D eigenvalue weighted by Gasteiger charge is -2.23. The number of rotatable bonds is 2. The smallest absolute Gasteiger partial charge is 0.231 e. The van der Waals surface area contributed by atoms with Gasteiger partial charge in [0.2, 0.25) is 6.79 Å². The van der Waals surface area contributed by atoms with Crippen molar-refractivity contribution in [3.8, 4) is 11.5 Å². The van der Waals surface area contributed by atoms with Crippen LogP contribution in [0.2, 0.25) is 0 Å². The van der Waals surface area contributed by atoms with E-state index in [-0.39, 0.29) is 12.0 Å². The monoisotopic (exact) mass is 208 g/mol. The van der Waals surface area contributed by atoms with E-state index < -0.39 is 0 Å². The van der Waals surface area contributed by atoms with Crippen molar-refractivity contribution in [2.75, 3.05) is 13.4 Å². The molecule has 0 fully saturated rings. The first-order valence-electron chi connectivity index (χ1n) is 5.06. The summed E-state index contributed by atoms with van der Waals surface area (Å²) in [5, 5.41) is 9.31. The van der Waals surface area contributed by atoms with Crippen molar-refractivity contribution in [3.05, 3.63) is 23.3 Å². The van der Waals surface area contributed by atoms with E-state index in [2.05, 4.69) is 0 Å². The van der Waals surface area contributed by atoms with Gasteiger partial charge in [-0.25, -0.2) is 0 Å². The van der Waals surface area contributed by atoms with Gasteiger partial charge in [0.15, 0.2) is 11.5 Å². The Labute approximate surface area is 89.6 Å². The van der Waals surface area contributed by atoms with Gasteiger partial charge in [0.05, 0.1) is 6.61 Å². The molecule has 2 rings (SSSR count). The van der Waals surface area contributed by atoms with Crippen LogP contribution in [0.25, 0.3) is 0 Å². The van der Waals surface area contributed by atoms with Crippen LogP contribution in [0.4, 0.5) is 0 Å². The van der Waals surface area contributed by atoms with Gasteiger partial charge in [0.25, 0.3) is 0 Å². The zero-order chi connectivity index (χ0) is 11.1. The molecule has 0 bridgehead atoms. The number of aliphatic hydroxyl groups is 1. The molecule has 0 aromatic heterocycles. The highest BCUT2D eigenvalue weighted by Gasteiger charge is 2.24. The third-order valence-corrected chi connectivity index (χ3v) is 2.84. The molecule has 1 heterocycles. The highest BCUT2D eigenvalue weighted by Crippen LogP contribution is 2.39. The maximum absolute atomic E-state index is 9.31. The maximum atomic E-state index is 9.31. The van der Waals surface area contributed by atoms with Crippen molar-refractivity contribution in [1.82, 2.24) is 0 Å². The molecule has 3 heteroatoms. The van der Waals surface area contributed by atoms with Crippen molar-refractivity contribution in [2.24, 2.45) is 0 Å². The fourth-order valence-corrected chi connectivity index (χ4v) is 1.67. The lowest BCUT2D eigenvalue weighted by atomic mass is 9.84. The average Bonchev–Trinajstić information content (AvgIpc) is 2.66. The van der Waals surface area contributed by atoms with Crippen LogP contribution in [0.15, 0.2) is 12.1 Å². The Hall–Kier alpha value is -1.22. The van der Waals surface area contributed by atoms with Crippen LogP contribution < -0.4 is 9.47 Å². The number of fused-ring (bicyclic) bond motifs is 1. The van der Waals surface area contributed by atoms with Gasteiger partial charge in [-0.2, -0.15) is 0 Å². The predicted octanol–water partition coefficient (Wildman–Crippen LogP) is 1.99. The number of hydrogen-bond donors (Lipinski definition) is 1. The Balaban J connectivity index is 2.48. The Morgan fingerprint density at radius 1 is 1.33 bits per heavy atom. The molecule has 0 saturated heterocycles. The van der Waals surface area contributed by atoms with Crippen molar-refractivity contribution in [1.29, 1.82) is 0 Å². The van der Waals surface area contributed by atoms with Crippen LogP contribution in [0.3, 0.4) is 0 Å². The molecule has 1 aliphatic rings. The quantitative estimate of drug-likeness (QED) is 0.807. The molecule has 1 N–H and O–H groups in total. The van der Waals surface area contributed by atoms with Crippen molar-refractivity contribution < 1.29 is 14.6 Å². The van der Waals surface area contributed by atoms with Crippen LogP contribution in [-0.4, -0.2) is 18.5 Å². The highest BCUT2D eigenvalue weighted by molar-refractivity contribution is 5.51. The minimum absolute atomic E-state index is 0.117. The first-order chi connectivity index (χ1) is 7.04. The molecule has 0 saturated carbocycles. The maximum Gasteiger partial charge on any atom is 0.231 e. The molecule has 1 aromatic carbocycles.